The molecule has 4 nitrogen and oxygen atoms in total. The lowest BCUT2D eigenvalue weighted by atomic mass is 9.75. The summed E-state index contributed by atoms with van der Waals surface area (Å²) in [6, 6.07) is 5.35. The first kappa shape index (κ1) is 18.5. The van der Waals surface area contributed by atoms with Gasteiger partial charge in [-0.1, -0.05) is 43.1 Å². The van der Waals surface area contributed by atoms with E-state index in [-0.39, 0.29) is 17.4 Å². The van der Waals surface area contributed by atoms with Crippen LogP contribution in [0.5, 0.6) is 0 Å². The van der Waals surface area contributed by atoms with Crippen LogP contribution in [0.1, 0.15) is 38.7 Å². The fourth-order valence-corrected chi connectivity index (χ4v) is 3.43. The number of carbonyl (C=O) groups excluding carboxylic acids is 1. The van der Waals surface area contributed by atoms with Gasteiger partial charge < -0.3 is 15.7 Å². The third-order valence-corrected chi connectivity index (χ3v) is 5.65. The number of amides is 1. The minimum Gasteiger partial charge on any atom is -0.392 e. The number of nitrogens with one attached hydrogen (secondary N) is 2. The summed E-state index contributed by atoms with van der Waals surface area (Å²) in [5.74, 6) is -0.0621. The quantitative estimate of drug-likeness (QED) is 0.732. The van der Waals surface area contributed by atoms with E-state index in [2.05, 4.69) is 24.5 Å². The summed E-state index contributed by atoms with van der Waals surface area (Å²) in [6.45, 7) is 5.22. The van der Waals surface area contributed by atoms with Gasteiger partial charge in [0.25, 0.3) is 0 Å². The van der Waals surface area contributed by atoms with Gasteiger partial charge in [-0.2, -0.15) is 0 Å². The van der Waals surface area contributed by atoms with Crippen LogP contribution in [0.15, 0.2) is 18.2 Å². The van der Waals surface area contributed by atoms with E-state index in [0.717, 1.165) is 18.4 Å². The zero-order chi connectivity index (χ0) is 17.0. The summed E-state index contributed by atoms with van der Waals surface area (Å²) < 4.78 is 0. The summed E-state index contributed by atoms with van der Waals surface area (Å²) >= 11 is 12.2. The Kier molecular flexibility index (Phi) is 6.32. The molecule has 1 aliphatic rings. The smallest absolute Gasteiger partial charge is 0.237 e. The van der Waals surface area contributed by atoms with Crippen molar-refractivity contribution in [2.24, 2.45) is 0 Å². The Labute approximate surface area is 147 Å². The molecule has 0 saturated carbocycles. The Balaban J connectivity index is 2.10. The van der Waals surface area contributed by atoms with Crippen molar-refractivity contribution < 1.29 is 9.90 Å². The molecule has 1 saturated heterocycles. The molecular weight excluding hydrogens is 335 g/mol. The number of benzene rings is 1. The van der Waals surface area contributed by atoms with Crippen LogP contribution >= 0.6 is 23.2 Å². The maximum Gasteiger partial charge on any atom is 0.237 e. The van der Waals surface area contributed by atoms with Gasteiger partial charge in [0.05, 0.1) is 22.2 Å². The Hall–Kier alpha value is -0.810. The number of hydrogen-bond acceptors (Lipinski definition) is 3. The first-order chi connectivity index (χ1) is 10.9. The van der Waals surface area contributed by atoms with Crippen LogP contribution in [-0.2, 0) is 10.2 Å². The number of aliphatic hydroxyl groups is 1. The predicted octanol–water partition coefficient (Wildman–Crippen LogP) is 2.89. The van der Waals surface area contributed by atoms with E-state index >= 15 is 0 Å². The van der Waals surface area contributed by atoms with Gasteiger partial charge in [-0.05, 0) is 37.0 Å². The molecule has 2 atom stereocenters. The minimum absolute atomic E-state index is 0.0621. The molecule has 2 unspecified atom stereocenters. The van der Waals surface area contributed by atoms with Crippen molar-refractivity contribution in [2.45, 2.75) is 50.7 Å². The highest BCUT2D eigenvalue weighted by molar-refractivity contribution is 6.42. The predicted molar refractivity (Wildman–Crippen MR) is 94.1 cm³/mol. The van der Waals surface area contributed by atoms with E-state index in [1.54, 1.807) is 6.07 Å². The fraction of sp³-hybridized carbons (Fsp3) is 0.588. The molecule has 1 fully saturated rings. The maximum absolute atomic E-state index is 12.3. The van der Waals surface area contributed by atoms with Crippen LogP contribution < -0.4 is 10.6 Å². The van der Waals surface area contributed by atoms with Gasteiger partial charge in [-0.3, -0.25) is 4.79 Å². The van der Waals surface area contributed by atoms with E-state index < -0.39 is 6.10 Å². The highest BCUT2D eigenvalue weighted by Crippen LogP contribution is 2.34. The number of hydrogen-bond donors (Lipinski definition) is 3. The van der Waals surface area contributed by atoms with Gasteiger partial charge in [-0.25, -0.2) is 0 Å². The molecular formula is C17H24Cl2N2O2. The van der Waals surface area contributed by atoms with Crippen LogP contribution in [0.4, 0.5) is 0 Å². The lowest BCUT2D eigenvalue weighted by Crippen LogP contribution is -2.46. The number of aliphatic hydroxyl groups excluding tert-OH is 1. The molecule has 3 N–H and O–H groups in total. The number of rotatable bonds is 6. The second-order valence-electron chi connectivity index (χ2n) is 6.18. The Morgan fingerprint density at radius 3 is 2.57 bits per heavy atom. The molecule has 1 aromatic carbocycles. The lowest BCUT2D eigenvalue weighted by Gasteiger charge is -2.33. The standard InChI is InChI=1S/C17H24Cl2N2O2/c1-3-17(4-2,11-5-6-13(18)14(19)7-11)10-21-16(23)15-8-12(22)9-20-15/h5-7,12,15,20,22H,3-4,8-10H2,1-2H3,(H,21,23). The molecule has 1 aromatic rings. The van der Waals surface area contributed by atoms with E-state index in [1.807, 2.05) is 12.1 Å². The zero-order valence-corrected chi connectivity index (χ0v) is 15.0. The topological polar surface area (TPSA) is 61.4 Å². The monoisotopic (exact) mass is 358 g/mol. The number of carbonyl (C=O) groups is 1. The van der Waals surface area contributed by atoms with Crippen LogP contribution in [0, 0.1) is 0 Å². The van der Waals surface area contributed by atoms with Crippen molar-refractivity contribution in [1.29, 1.82) is 0 Å². The highest BCUT2D eigenvalue weighted by Gasteiger charge is 2.32. The SMILES string of the molecule is CCC(CC)(CNC(=O)C1CC(O)CN1)c1ccc(Cl)c(Cl)c1. The molecule has 0 radical (unpaired) electrons. The molecule has 2 rings (SSSR count). The van der Waals surface area contributed by atoms with Crippen LogP contribution in [0.2, 0.25) is 10.0 Å². The molecule has 6 heteroatoms. The minimum atomic E-state index is -0.442. The van der Waals surface area contributed by atoms with Crippen LogP contribution in [0.25, 0.3) is 0 Å². The van der Waals surface area contributed by atoms with Gasteiger partial charge in [0.15, 0.2) is 0 Å². The van der Waals surface area contributed by atoms with E-state index in [4.69, 9.17) is 23.2 Å². The zero-order valence-electron chi connectivity index (χ0n) is 13.5. The fourth-order valence-electron chi connectivity index (χ4n) is 3.13. The molecule has 1 amide bonds. The second kappa shape index (κ2) is 7.84. The third kappa shape index (κ3) is 4.18. The van der Waals surface area contributed by atoms with Crippen molar-refractivity contribution >= 4 is 29.1 Å². The van der Waals surface area contributed by atoms with Crippen molar-refractivity contribution in [1.82, 2.24) is 10.6 Å². The van der Waals surface area contributed by atoms with Gasteiger partial charge in [0.2, 0.25) is 5.91 Å². The molecule has 0 aromatic heterocycles. The van der Waals surface area contributed by atoms with E-state index in [1.165, 1.54) is 0 Å². The van der Waals surface area contributed by atoms with Gasteiger partial charge in [-0.15, -0.1) is 0 Å². The van der Waals surface area contributed by atoms with Crippen LogP contribution in [-0.4, -0.2) is 36.2 Å². The average Bonchev–Trinajstić information content (AvgIpc) is 2.98. The Morgan fingerprint density at radius 1 is 1.35 bits per heavy atom. The van der Waals surface area contributed by atoms with Crippen molar-refractivity contribution in [2.75, 3.05) is 13.1 Å². The van der Waals surface area contributed by atoms with E-state index in [9.17, 15) is 9.90 Å². The average molecular weight is 359 g/mol. The first-order valence-corrected chi connectivity index (χ1v) is 8.82. The number of halogens is 2. The third-order valence-electron chi connectivity index (χ3n) is 4.91. The van der Waals surface area contributed by atoms with Crippen molar-refractivity contribution in [3.63, 3.8) is 0 Å². The Bertz CT molecular complexity index is 562. The van der Waals surface area contributed by atoms with Crippen molar-refractivity contribution in [3.05, 3.63) is 33.8 Å². The van der Waals surface area contributed by atoms with Gasteiger partial charge in [0.1, 0.15) is 0 Å². The molecule has 128 valence electrons. The van der Waals surface area contributed by atoms with Gasteiger partial charge in [0, 0.05) is 18.5 Å². The summed E-state index contributed by atoms with van der Waals surface area (Å²) in [5.41, 5.74) is 0.901. The summed E-state index contributed by atoms with van der Waals surface area (Å²) in [6.07, 6.45) is 1.78. The summed E-state index contributed by atoms with van der Waals surface area (Å²) in [7, 11) is 0. The summed E-state index contributed by atoms with van der Waals surface area (Å²) in [5, 5.41) is 16.7. The highest BCUT2D eigenvalue weighted by atomic mass is 35.5. The van der Waals surface area contributed by atoms with Crippen LogP contribution in [0.3, 0.4) is 0 Å². The molecule has 1 aliphatic heterocycles. The number of β-amino-alcohol motifs (C(OH)–C–C–N with tert-alkyl or cyclic N) is 1. The van der Waals surface area contributed by atoms with Crippen molar-refractivity contribution in [3.8, 4) is 0 Å². The van der Waals surface area contributed by atoms with E-state index in [0.29, 0.717) is 29.6 Å². The first-order valence-electron chi connectivity index (χ1n) is 8.06. The normalized spacial score (nSPS) is 21.4. The maximum atomic E-state index is 12.3. The Morgan fingerprint density at radius 2 is 2.04 bits per heavy atom. The molecule has 0 aliphatic carbocycles. The largest absolute Gasteiger partial charge is 0.392 e. The molecule has 0 spiro atoms. The molecule has 0 bridgehead atoms. The van der Waals surface area contributed by atoms with Gasteiger partial charge >= 0.3 is 0 Å². The summed E-state index contributed by atoms with van der Waals surface area (Å²) in [4.78, 5) is 12.3. The lowest BCUT2D eigenvalue weighted by molar-refractivity contribution is -0.123. The second-order valence-corrected chi connectivity index (χ2v) is 7.00. The molecule has 1 heterocycles. The molecule has 23 heavy (non-hydrogen) atoms.